The maximum Gasteiger partial charge on any atom is 0.0846 e. The largest absolute Gasteiger partial charge is 0.374 e. The maximum absolute atomic E-state index is 6.09. The van der Waals surface area contributed by atoms with Gasteiger partial charge in [-0.3, -0.25) is 16.0 Å². The molecule has 0 aliphatic heterocycles. The Bertz CT molecular complexity index is 412. The summed E-state index contributed by atoms with van der Waals surface area (Å²) in [6.45, 7) is 12.2. The van der Waals surface area contributed by atoms with Crippen LogP contribution in [0.5, 0.6) is 0 Å². The third kappa shape index (κ3) is 4.05. The molecule has 1 rings (SSSR count). The predicted octanol–water partition coefficient (Wildman–Crippen LogP) is 2.44. The normalized spacial score (nSPS) is 13.6. The number of nitrogens with one attached hydrogen (secondary N) is 1. The lowest BCUT2D eigenvalue weighted by molar-refractivity contribution is -0.0723. The summed E-state index contributed by atoms with van der Waals surface area (Å²) in [7, 11) is 0. The fraction of sp³-hybridized carbons (Fsp3) is 0.812. The number of ether oxygens (including phenoxy) is 1. The molecular weight excluding hydrogens is 264 g/mol. The number of aromatic nitrogens is 2. The van der Waals surface area contributed by atoms with E-state index in [-0.39, 0.29) is 11.6 Å². The average Bonchev–Trinajstić information content (AvgIpc) is 2.92. The van der Waals surface area contributed by atoms with Gasteiger partial charge in [0.25, 0.3) is 0 Å². The van der Waals surface area contributed by atoms with Gasteiger partial charge in [0.1, 0.15) is 0 Å². The molecule has 1 unspecified atom stereocenters. The summed E-state index contributed by atoms with van der Waals surface area (Å²) in [6, 6.07) is 2.27. The van der Waals surface area contributed by atoms with E-state index in [0.29, 0.717) is 6.61 Å². The van der Waals surface area contributed by atoms with E-state index in [9.17, 15) is 0 Å². The first-order chi connectivity index (χ1) is 10.1. The lowest BCUT2D eigenvalue weighted by Crippen LogP contribution is -2.55. The SMILES string of the molecule is CCOC(CC)(CC)C(Cc1cc(CC)nn1CC)NN. The molecular formula is C16H32N4O. The Hall–Kier alpha value is -0.910. The second-order valence-electron chi connectivity index (χ2n) is 5.42. The first-order valence-corrected chi connectivity index (χ1v) is 8.26. The van der Waals surface area contributed by atoms with Crippen molar-refractivity contribution in [3.8, 4) is 0 Å². The molecule has 122 valence electrons. The van der Waals surface area contributed by atoms with Gasteiger partial charge in [-0.15, -0.1) is 0 Å². The summed E-state index contributed by atoms with van der Waals surface area (Å²) in [5.41, 5.74) is 5.13. The molecule has 0 amide bonds. The molecule has 0 spiro atoms. The van der Waals surface area contributed by atoms with Gasteiger partial charge in [-0.2, -0.15) is 5.10 Å². The minimum absolute atomic E-state index is 0.0826. The highest BCUT2D eigenvalue weighted by molar-refractivity contribution is 5.13. The van der Waals surface area contributed by atoms with Crippen LogP contribution in [-0.2, 0) is 24.1 Å². The van der Waals surface area contributed by atoms with Crippen molar-refractivity contribution in [1.82, 2.24) is 15.2 Å². The average molecular weight is 296 g/mol. The minimum Gasteiger partial charge on any atom is -0.374 e. The smallest absolute Gasteiger partial charge is 0.0846 e. The summed E-state index contributed by atoms with van der Waals surface area (Å²) in [6.07, 6.45) is 3.66. The Morgan fingerprint density at radius 2 is 1.95 bits per heavy atom. The Morgan fingerprint density at radius 1 is 1.29 bits per heavy atom. The summed E-state index contributed by atoms with van der Waals surface area (Å²) in [5, 5.41) is 4.62. The molecule has 0 bridgehead atoms. The zero-order valence-electron chi connectivity index (χ0n) is 14.3. The van der Waals surface area contributed by atoms with Gasteiger partial charge in [0, 0.05) is 25.3 Å². The van der Waals surface area contributed by atoms with Crippen molar-refractivity contribution in [2.24, 2.45) is 5.84 Å². The van der Waals surface area contributed by atoms with Crippen LogP contribution in [0.4, 0.5) is 0 Å². The summed E-state index contributed by atoms with van der Waals surface area (Å²) in [5.74, 6) is 5.86. The Balaban J connectivity index is 3.02. The van der Waals surface area contributed by atoms with Crippen molar-refractivity contribution in [3.05, 3.63) is 17.5 Å². The summed E-state index contributed by atoms with van der Waals surface area (Å²) in [4.78, 5) is 0. The van der Waals surface area contributed by atoms with Crippen LogP contribution in [0.15, 0.2) is 6.07 Å². The van der Waals surface area contributed by atoms with Crippen LogP contribution in [-0.4, -0.2) is 28.0 Å². The highest BCUT2D eigenvalue weighted by atomic mass is 16.5. The predicted molar refractivity (Wildman–Crippen MR) is 87.0 cm³/mol. The maximum atomic E-state index is 6.09. The molecule has 0 fully saturated rings. The van der Waals surface area contributed by atoms with Crippen molar-refractivity contribution in [2.75, 3.05) is 6.61 Å². The number of hydrazine groups is 1. The molecule has 1 atom stereocenters. The Morgan fingerprint density at radius 3 is 2.38 bits per heavy atom. The molecule has 3 N–H and O–H groups in total. The van der Waals surface area contributed by atoms with E-state index in [1.54, 1.807) is 0 Å². The highest BCUT2D eigenvalue weighted by Crippen LogP contribution is 2.27. The van der Waals surface area contributed by atoms with Gasteiger partial charge >= 0.3 is 0 Å². The third-order valence-electron chi connectivity index (χ3n) is 4.45. The van der Waals surface area contributed by atoms with Crippen molar-refractivity contribution < 1.29 is 4.74 Å². The van der Waals surface area contributed by atoms with Crippen LogP contribution in [0.25, 0.3) is 0 Å². The highest BCUT2D eigenvalue weighted by Gasteiger charge is 2.36. The van der Waals surface area contributed by atoms with Crippen LogP contribution in [0.2, 0.25) is 0 Å². The van der Waals surface area contributed by atoms with Crippen LogP contribution < -0.4 is 11.3 Å². The zero-order chi connectivity index (χ0) is 15.9. The standard InChI is InChI=1S/C16H32N4O/c1-6-13-11-14(20(9-4)19-13)12-15(18-17)16(7-2,8-3)21-10-5/h11,15,18H,6-10,12,17H2,1-5H3. The summed E-state index contributed by atoms with van der Waals surface area (Å²) >= 11 is 0. The van der Waals surface area contributed by atoms with Gasteiger partial charge in [-0.1, -0.05) is 20.8 Å². The molecule has 1 heterocycles. The van der Waals surface area contributed by atoms with E-state index in [2.05, 4.69) is 49.0 Å². The molecule has 5 heteroatoms. The van der Waals surface area contributed by atoms with Crippen LogP contribution in [0.3, 0.4) is 0 Å². The van der Waals surface area contributed by atoms with Crippen LogP contribution in [0, 0.1) is 0 Å². The first kappa shape index (κ1) is 18.1. The van der Waals surface area contributed by atoms with Crippen molar-refractivity contribution >= 4 is 0 Å². The van der Waals surface area contributed by atoms with Gasteiger partial charge in [0.05, 0.1) is 17.3 Å². The minimum atomic E-state index is -0.223. The van der Waals surface area contributed by atoms with E-state index < -0.39 is 0 Å². The molecule has 0 radical (unpaired) electrons. The second-order valence-corrected chi connectivity index (χ2v) is 5.42. The molecule has 0 aromatic carbocycles. The fourth-order valence-corrected chi connectivity index (χ4v) is 3.07. The second kappa shape index (κ2) is 8.51. The lowest BCUT2D eigenvalue weighted by atomic mass is 9.85. The topological polar surface area (TPSA) is 65.1 Å². The summed E-state index contributed by atoms with van der Waals surface area (Å²) < 4.78 is 8.16. The van der Waals surface area contributed by atoms with Gasteiger partial charge in [-0.05, 0) is 39.2 Å². The zero-order valence-corrected chi connectivity index (χ0v) is 14.3. The van der Waals surface area contributed by atoms with E-state index >= 15 is 0 Å². The molecule has 0 aliphatic rings. The van der Waals surface area contributed by atoms with Gasteiger partial charge < -0.3 is 4.74 Å². The number of hydrogen-bond donors (Lipinski definition) is 2. The van der Waals surface area contributed by atoms with Gasteiger partial charge in [0.2, 0.25) is 0 Å². The number of aryl methyl sites for hydroxylation is 2. The number of rotatable bonds is 10. The number of nitrogens with two attached hydrogens (primary N) is 1. The fourth-order valence-electron chi connectivity index (χ4n) is 3.07. The molecule has 1 aromatic heterocycles. The molecule has 21 heavy (non-hydrogen) atoms. The Kier molecular flexibility index (Phi) is 7.35. The molecule has 0 aliphatic carbocycles. The third-order valence-corrected chi connectivity index (χ3v) is 4.45. The quantitative estimate of drug-likeness (QED) is 0.514. The number of hydrogen-bond acceptors (Lipinski definition) is 4. The lowest BCUT2D eigenvalue weighted by Gasteiger charge is -2.39. The monoisotopic (exact) mass is 296 g/mol. The molecule has 0 saturated heterocycles. The molecule has 5 nitrogen and oxygen atoms in total. The van der Waals surface area contributed by atoms with Crippen molar-refractivity contribution in [1.29, 1.82) is 0 Å². The first-order valence-electron chi connectivity index (χ1n) is 8.26. The van der Waals surface area contributed by atoms with E-state index in [4.69, 9.17) is 10.6 Å². The van der Waals surface area contributed by atoms with E-state index in [1.165, 1.54) is 5.69 Å². The van der Waals surface area contributed by atoms with E-state index in [1.807, 2.05) is 6.92 Å². The molecule has 1 aromatic rings. The van der Waals surface area contributed by atoms with Crippen molar-refractivity contribution in [2.45, 2.75) is 78.5 Å². The van der Waals surface area contributed by atoms with E-state index in [0.717, 1.165) is 37.9 Å². The van der Waals surface area contributed by atoms with Gasteiger partial charge in [-0.25, -0.2) is 0 Å². The Labute approximate surface area is 129 Å². The van der Waals surface area contributed by atoms with Crippen LogP contribution in [0.1, 0.15) is 58.8 Å². The number of nitrogens with zero attached hydrogens (tertiary/aromatic N) is 2. The van der Waals surface area contributed by atoms with Crippen LogP contribution >= 0.6 is 0 Å². The van der Waals surface area contributed by atoms with Gasteiger partial charge in [0.15, 0.2) is 0 Å². The van der Waals surface area contributed by atoms with Crippen molar-refractivity contribution in [3.63, 3.8) is 0 Å². The molecule has 0 saturated carbocycles.